The van der Waals surface area contributed by atoms with E-state index in [9.17, 15) is 0 Å². The van der Waals surface area contributed by atoms with Crippen LogP contribution in [0.25, 0.3) is 0 Å². The third-order valence-corrected chi connectivity index (χ3v) is 1.81. The van der Waals surface area contributed by atoms with E-state index in [-0.39, 0.29) is 0 Å². The number of nitrogens with zero attached hydrogens (tertiary/aromatic N) is 2. The Hall–Kier alpha value is -1.65. The van der Waals surface area contributed by atoms with Crippen LogP contribution in [0.1, 0.15) is 0 Å². The largest absolute Gasteiger partial charge is 0.636 e. The highest BCUT2D eigenvalue weighted by atomic mass is 16.6. The second-order valence-corrected chi connectivity index (χ2v) is 2.86. The van der Waals surface area contributed by atoms with Crippen molar-refractivity contribution in [2.45, 2.75) is 0 Å². The molecule has 0 spiro atoms. The summed E-state index contributed by atoms with van der Waals surface area (Å²) in [7, 11) is 1.40. The minimum absolute atomic E-state index is 0.436. The number of hydrogen-bond donors (Lipinski definition) is 0. The lowest BCUT2D eigenvalue weighted by atomic mass is 9.82. The lowest BCUT2D eigenvalue weighted by molar-refractivity contribution is 0.431. The predicted octanol–water partition coefficient (Wildman–Crippen LogP) is 0.189. The Bertz CT molecular complexity index is 356. The normalized spacial score (nSPS) is 15.9. The first-order chi connectivity index (χ1) is 6.16. The van der Waals surface area contributed by atoms with E-state index in [1.54, 1.807) is 10.9 Å². The van der Waals surface area contributed by atoms with Crippen molar-refractivity contribution in [2.24, 2.45) is 7.05 Å². The van der Waals surface area contributed by atoms with E-state index >= 15 is 0 Å². The molecule has 1 fully saturated rings. The fourth-order valence-electron chi connectivity index (χ4n) is 1.11. The van der Waals surface area contributed by atoms with Crippen LogP contribution >= 0.6 is 0 Å². The topological polar surface area (TPSA) is 36.3 Å². The molecule has 66 valence electrons. The summed E-state index contributed by atoms with van der Waals surface area (Å²) in [6, 6.07) is 0. The average molecular weight is 176 g/mol. The molecule has 0 unspecified atom stereocenters. The van der Waals surface area contributed by atoms with Crippen LogP contribution in [0.2, 0.25) is 0 Å². The molecule has 0 N–H and O–H groups in total. The van der Waals surface area contributed by atoms with Gasteiger partial charge in [0.15, 0.2) is 0 Å². The van der Waals surface area contributed by atoms with Gasteiger partial charge in [-0.1, -0.05) is 13.2 Å². The minimum Gasteiger partial charge on any atom is -0.520 e. The first-order valence-corrected chi connectivity index (χ1v) is 3.87. The predicted molar refractivity (Wildman–Crippen MR) is 49.0 cm³/mol. The van der Waals surface area contributed by atoms with Gasteiger partial charge in [0.1, 0.15) is 11.5 Å². The summed E-state index contributed by atoms with van der Waals surface area (Å²) in [6.45, 7) is 7.29. The molecule has 2 rings (SSSR count). The van der Waals surface area contributed by atoms with E-state index in [0.717, 1.165) is 5.46 Å². The van der Waals surface area contributed by atoms with E-state index in [1.807, 2.05) is 13.2 Å². The summed E-state index contributed by atoms with van der Waals surface area (Å²) in [5, 5.41) is 4.01. The Balaban J connectivity index is 2.20. The van der Waals surface area contributed by atoms with Gasteiger partial charge in [-0.25, -0.2) is 0 Å². The highest BCUT2D eigenvalue weighted by Crippen LogP contribution is 2.19. The molecule has 0 aliphatic carbocycles. The summed E-state index contributed by atoms with van der Waals surface area (Å²) in [4.78, 5) is 0. The second kappa shape index (κ2) is 2.69. The Labute approximate surface area is 76.6 Å². The third kappa shape index (κ3) is 1.33. The molecule has 13 heavy (non-hydrogen) atoms. The van der Waals surface area contributed by atoms with E-state index in [1.165, 1.54) is 0 Å². The zero-order chi connectivity index (χ0) is 9.42. The lowest BCUT2D eigenvalue weighted by Crippen LogP contribution is -2.30. The maximum atomic E-state index is 5.30. The first-order valence-electron chi connectivity index (χ1n) is 3.87. The van der Waals surface area contributed by atoms with E-state index in [0.29, 0.717) is 11.5 Å². The monoisotopic (exact) mass is 176 g/mol. The molecular formula is C8H9BN2O2. The van der Waals surface area contributed by atoms with Crippen molar-refractivity contribution in [1.29, 1.82) is 0 Å². The maximum absolute atomic E-state index is 5.30. The molecule has 1 aromatic rings. The van der Waals surface area contributed by atoms with Crippen LogP contribution < -0.4 is 5.46 Å². The maximum Gasteiger partial charge on any atom is 0.636 e. The van der Waals surface area contributed by atoms with Crippen LogP contribution in [0.5, 0.6) is 0 Å². The van der Waals surface area contributed by atoms with Crippen molar-refractivity contribution in [3.05, 3.63) is 37.1 Å². The van der Waals surface area contributed by atoms with Gasteiger partial charge in [0, 0.05) is 18.7 Å². The summed E-state index contributed by atoms with van der Waals surface area (Å²) in [5.74, 6) is 0.961. The molecule has 1 aliphatic heterocycles. The Morgan fingerprint density at radius 3 is 2.46 bits per heavy atom. The van der Waals surface area contributed by atoms with Crippen molar-refractivity contribution in [3.8, 4) is 0 Å². The van der Waals surface area contributed by atoms with Crippen molar-refractivity contribution < 1.29 is 9.31 Å². The fraction of sp³-hybridized carbons (Fsp3) is 0.125. The fourth-order valence-corrected chi connectivity index (χ4v) is 1.11. The van der Waals surface area contributed by atoms with Crippen LogP contribution in [-0.4, -0.2) is 16.9 Å². The quantitative estimate of drug-likeness (QED) is 0.573. The van der Waals surface area contributed by atoms with Gasteiger partial charge in [0.05, 0.1) is 6.20 Å². The number of rotatable bonds is 1. The van der Waals surface area contributed by atoms with Crippen LogP contribution in [0.4, 0.5) is 0 Å². The molecule has 0 radical (unpaired) electrons. The molecule has 1 aromatic heterocycles. The van der Waals surface area contributed by atoms with Crippen molar-refractivity contribution in [1.82, 2.24) is 9.78 Å². The first kappa shape index (κ1) is 7.98. The van der Waals surface area contributed by atoms with Crippen LogP contribution in [0.15, 0.2) is 37.1 Å². The molecule has 1 aliphatic rings. The van der Waals surface area contributed by atoms with Gasteiger partial charge in [-0.3, -0.25) is 4.68 Å². The highest BCUT2D eigenvalue weighted by molar-refractivity contribution is 6.62. The van der Waals surface area contributed by atoms with Gasteiger partial charge in [-0.2, -0.15) is 5.10 Å². The molecule has 0 aromatic carbocycles. The molecule has 4 nitrogen and oxygen atoms in total. The SMILES string of the molecule is C=C1OB(c2cnn(C)c2)OC1=C. The van der Waals surface area contributed by atoms with Gasteiger partial charge in [0.2, 0.25) is 0 Å². The van der Waals surface area contributed by atoms with Crippen molar-refractivity contribution in [2.75, 3.05) is 0 Å². The molecule has 0 amide bonds. The molecule has 0 bridgehead atoms. The van der Waals surface area contributed by atoms with E-state index in [2.05, 4.69) is 18.3 Å². The van der Waals surface area contributed by atoms with Gasteiger partial charge < -0.3 is 9.31 Å². The summed E-state index contributed by atoms with van der Waals surface area (Å²) in [5.41, 5.74) is 0.863. The van der Waals surface area contributed by atoms with E-state index in [4.69, 9.17) is 9.31 Å². The van der Waals surface area contributed by atoms with Crippen LogP contribution in [0.3, 0.4) is 0 Å². The Morgan fingerprint density at radius 2 is 2.00 bits per heavy atom. The molecule has 5 heteroatoms. The molecule has 0 saturated carbocycles. The molecule has 2 heterocycles. The standard InChI is InChI=1S/C8H9BN2O2/c1-6-7(2)13-9(12-6)8-4-10-11(3)5-8/h4-5H,1-2H2,3H3. The van der Waals surface area contributed by atoms with Crippen molar-refractivity contribution >= 4 is 12.6 Å². The van der Waals surface area contributed by atoms with Crippen molar-refractivity contribution in [3.63, 3.8) is 0 Å². The average Bonchev–Trinajstić information content (AvgIpc) is 2.61. The molecular weight excluding hydrogens is 167 g/mol. The van der Waals surface area contributed by atoms with E-state index < -0.39 is 7.12 Å². The van der Waals surface area contributed by atoms with Gasteiger partial charge >= 0.3 is 7.12 Å². The summed E-state index contributed by atoms with van der Waals surface area (Å²) >= 11 is 0. The lowest BCUT2D eigenvalue weighted by Gasteiger charge is -1.98. The summed E-state index contributed by atoms with van der Waals surface area (Å²) < 4.78 is 12.3. The second-order valence-electron chi connectivity index (χ2n) is 2.86. The zero-order valence-corrected chi connectivity index (χ0v) is 7.36. The number of hydrogen-bond acceptors (Lipinski definition) is 3. The molecule has 0 atom stereocenters. The smallest absolute Gasteiger partial charge is 0.520 e. The van der Waals surface area contributed by atoms with Gasteiger partial charge in [-0.15, -0.1) is 0 Å². The van der Waals surface area contributed by atoms with Crippen LogP contribution in [-0.2, 0) is 16.4 Å². The summed E-state index contributed by atoms with van der Waals surface area (Å²) in [6.07, 6.45) is 3.52. The Morgan fingerprint density at radius 1 is 1.38 bits per heavy atom. The Kier molecular flexibility index (Phi) is 1.65. The van der Waals surface area contributed by atoms with Crippen LogP contribution in [0, 0.1) is 0 Å². The van der Waals surface area contributed by atoms with Gasteiger partial charge in [-0.05, 0) is 0 Å². The third-order valence-electron chi connectivity index (χ3n) is 1.81. The zero-order valence-electron chi connectivity index (χ0n) is 7.36. The minimum atomic E-state index is -0.436. The number of aryl methyl sites for hydroxylation is 1. The number of aromatic nitrogens is 2. The highest BCUT2D eigenvalue weighted by Gasteiger charge is 2.35. The molecule has 1 saturated heterocycles. The van der Waals surface area contributed by atoms with Gasteiger partial charge in [0.25, 0.3) is 0 Å².